The zero-order valence-corrected chi connectivity index (χ0v) is 11.7. The third-order valence-electron chi connectivity index (χ3n) is 3.91. The van der Waals surface area contributed by atoms with Crippen molar-refractivity contribution in [3.8, 4) is 11.5 Å². The maximum Gasteiger partial charge on any atom is 0.231 e. The van der Waals surface area contributed by atoms with Gasteiger partial charge in [0.25, 0.3) is 0 Å². The molecule has 1 amide bonds. The van der Waals surface area contributed by atoms with Crippen LogP contribution >= 0.6 is 0 Å². The molecule has 1 saturated heterocycles. The molecule has 0 saturated carbocycles. The minimum Gasteiger partial charge on any atom is -0.454 e. The van der Waals surface area contributed by atoms with E-state index < -0.39 is 0 Å². The molecule has 3 rings (SSSR count). The van der Waals surface area contributed by atoms with Crippen molar-refractivity contribution in [1.29, 1.82) is 0 Å². The molecule has 0 aromatic heterocycles. The standard InChI is InChI=1S/C15H20N2O3/c1-2-17(15(18)12-5-6-16-8-12)9-11-3-4-13-14(7-11)20-10-19-13/h3-4,7,12,16H,2,5-6,8-10H2,1H3. The molecule has 1 unspecified atom stereocenters. The largest absolute Gasteiger partial charge is 0.454 e. The number of carbonyl (C=O) groups excluding carboxylic acids is 1. The lowest BCUT2D eigenvalue weighted by molar-refractivity contribution is -0.135. The van der Waals surface area contributed by atoms with E-state index in [0.717, 1.165) is 43.1 Å². The van der Waals surface area contributed by atoms with Crippen molar-refractivity contribution >= 4 is 5.91 Å². The summed E-state index contributed by atoms with van der Waals surface area (Å²) < 4.78 is 10.7. The fourth-order valence-electron chi connectivity index (χ4n) is 2.73. The number of carbonyl (C=O) groups is 1. The lowest BCUT2D eigenvalue weighted by atomic mass is 10.1. The predicted octanol–water partition coefficient (Wildman–Crippen LogP) is 1.37. The minimum atomic E-state index is 0.129. The summed E-state index contributed by atoms with van der Waals surface area (Å²) >= 11 is 0. The average Bonchev–Trinajstić information content (AvgIpc) is 3.14. The first-order valence-corrected chi connectivity index (χ1v) is 7.16. The third kappa shape index (κ3) is 2.58. The first kappa shape index (κ1) is 13.2. The molecule has 5 heteroatoms. The number of nitrogens with zero attached hydrogens (tertiary/aromatic N) is 1. The van der Waals surface area contributed by atoms with Crippen LogP contribution in [0.3, 0.4) is 0 Å². The Morgan fingerprint density at radius 2 is 2.25 bits per heavy atom. The maximum absolute atomic E-state index is 12.4. The van der Waals surface area contributed by atoms with Gasteiger partial charge in [0.15, 0.2) is 11.5 Å². The predicted molar refractivity (Wildman–Crippen MR) is 74.6 cm³/mol. The van der Waals surface area contributed by atoms with Crippen LogP contribution in [0.2, 0.25) is 0 Å². The molecule has 1 aromatic rings. The number of nitrogens with one attached hydrogen (secondary N) is 1. The van der Waals surface area contributed by atoms with Crippen LogP contribution in [0.1, 0.15) is 18.9 Å². The minimum absolute atomic E-state index is 0.129. The van der Waals surface area contributed by atoms with Gasteiger partial charge in [-0.25, -0.2) is 0 Å². The zero-order chi connectivity index (χ0) is 13.9. The van der Waals surface area contributed by atoms with Gasteiger partial charge in [-0.2, -0.15) is 0 Å². The number of hydrogen-bond donors (Lipinski definition) is 1. The summed E-state index contributed by atoms with van der Waals surface area (Å²) in [7, 11) is 0. The molecule has 20 heavy (non-hydrogen) atoms. The quantitative estimate of drug-likeness (QED) is 0.902. The maximum atomic E-state index is 12.4. The molecule has 2 aliphatic heterocycles. The first-order valence-electron chi connectivity index (χ1n) is 7.16. The highest BCUT2D eigenvalue weighted by atomic mass is 16.7. The Bertz CT molecular complexity index is 498. The Kier molecular flexibility index (Phi) is 3.78. The number of ether oxygens (including phenoxy) is 2. The van der Waals surface area contributed by atoms with E-state index in [-0.39, 0.29) is 18.6 Å². The molecule has 0 aliphatic carbocycles. The molecule has 108 valence electrons. The van der Waals surface area contributed by atoms with Crippen molar-refractivity contribution in [2.24, 2.45) is 5.92 Å². The molecular weight excluding hydrogens is 256 g/mol. The van der Waals surface area contributed by atoms with Crippen LogP contribution in [0.4, 0.5) is 0 Å². The fourth-order valence-corrected chi connectivity index (χ4v) is 2.73. The number of rotatable bonds is 4. The second kappa shape index (κ2) is 5.71. The van der Waals surface area contributed by atoms with Gasteiger partial charge in [-0.05, 0) is 37.6 Å². The van der Waals surface area contributed by atoms with Gasteiger partial charge in [-0.3, -0.25) is 4.79 Å². The Morgan fingerprint density at radius 1 is 1.40 bits per heavy atom. The lowest BCUT2D eigenvalue weighted by Crippen LogP contribution is -2.36. The van der Waals surface area contributed by atoms with Gasteiger partial charge in [0.1, 0.15) is 0 Å². The van der Waals surface area contributed by atoms with Gasteiger partial charge in [-0.15, -0.1) is 0 Å². The van der Waals surface area contributed by atoms with Crippen molar-refractivity contribution in [3.05, 3.63) is 23.8 Å². The van der Waals surface area contributed by atoms with Crippen LogP contribution in [-0.4, -0.2) is 37.2 Å². The zero-order valence-electron chi connectivity index (χ0n) is 11.7. The van der Waals surface area contributed by atoms with Crippen molar-refractivity contribution in [3.63, 3.8) is 0 Å². The SMILES string of the molecule is CCN(Cc1ccc2c(c1)OCO2)C(=O)C1CCNC1. The summed E-state index contributed by atoms with van der Waals surface area (Å²) in [6.07, 6.45) is 0.941. The molecular formula is C15H20N2O3. The van der Waals surface area contributed by atoms with E-state index in [1.807, 2.05) is 30.0 Å². The van der Waals surface area contributed by atoms with E-state index in [4.69, 9.17) is 9.47 Å². The molecule has 1 N–H and O–H groups in total. The van der Waals surface area contributed by atoms with E-state index >= 15 is 0 Å². The molecule has 5 nitrogen and oxygen atoms in total. The van der Waals surface area contributed by atoms with Crippen LogP contribution < -0.4 is 14.8 Å². The molecule has 0 bridgehead atoms. The molecule has 0 spiro atoms. The highest BCUT2D eigenvalue weighted by Gasteiger charge is 2.26. The van der Waals surface area contributed by atoms with Crippen molar-refractivity contribution < 1.29 is 14.3 Å². The van der Waals surface area contributed by atoms with E-state index in [1.54, 1.807) is 0 Å². The van der Waals surface area contributed by atoms with Crippen LogP contribution in [-0.2, 0) is 11.3 Å². The van der Waals surface area contributed by atoms with Gasteiger partial charge < -0.3 is 19.7 Å². The van der Waals surface area contributed by atoms with Crippen molar-refractivity contribution in [2.45, 2.75) is 19.9 Å². The van der Waals surface area contributed by atoms with Gasteiger partial charge in [0.05, 0.1) is 5.92 Å². The Hall–Kier alpha value is -1.75. The number of hydrogen-bond acceptors (Lipinski definition) is 4. The fraction of sp³-hybridized carbons (Fsp3) is 0.533. The highest BCUT2D eigenvalue weighted by molar-refractivity contribution is 5.79. The first-order chi connectivity index (χ1) is 9.78. The Morgan fingerprint density at radius 3 is 3.00 bits per heavy atom. The summed E-state index contributed by atoms with van der Waals surface area (Å²) in [6.45, 7) is 5.40. The normalized spacial score (nSPS) is 20.1. The topological polar surface area (TPSA) is 50.8 Å². The third-order valence-corrected chi connectivity index (χ3v) is 3.91. The molecule has 2 heterocycles. The summed E-state index contributed by atoms with van der Waals surface area (Å²) in [5.41, 5.74) is 1.08. The van der Waals surface area contributed by atoms with E-state index in [9.17, 15) is 4.79 Å². The Balaban J connectivity index is 1.69. The average molecular weight is 276 g/mol. The second-order valence-corrected chi connectivity index (χ2v) is 5.23. The van der Waals surface area contributed by atoms with E-state index in [0.29, 0.717) is 6.54 Å². The molecule has 1 fully saturated rings. The van der Waals surface area contributed by atoms with Crippen molar-refractivity contribution in [1.82, 2.24) is 10.2 Å². The summed E-state index contributed by atoms with van der Waals surface area (Å²) in [5, 5.41) is 3.25. The second-order valence-electron chi connectivity index (χ2n) is 5.23. The number of amides is 1. The van der Waals surface area contributed by atoms with Crippen molar-refractivity contribution in [2.75, 3.05) is 26.4 Å². The van der Waals surface area contributed by atoms with Gasteiger partial charge >= 0.3 is 0 Å². The number of fused-ring (bicyclic) bond motifs is 1. The van der Waals surface area contributed by atoms with Crippen LogP contribution in [0.15, 0.2) is 18.2 Å². The number of benzene rings is 1. The summed E-state index contributed by atoms with van der Waals surface area (Å²) in [4.78, 5) is 14.4. The summed E-state index contributed by atoms with van der Waals surface area (Å²) in [5.74, 6) is 1.93. The monoisotopic (exact) mass is 276 g/mol. The van der Waals surface area contributed by atoms with Gasteiger partial charge in [0, 0.05) is 19.6 Å². The molecule has 0 radical (unpaired) electrons. The smallest absolute Gasteiger partial charge is 0.231 e. The van der Waals surface area contributed by atoms with Gasteiger partial charge in [-0.1, -0.05) is 6.07 Å². The Labute approximate surface area is 118 Å². The van der Waals surface area contributed by atoms with E-state index in [2.05, 4.69) is 5.32 Å². The van der Waals surface area contributed by atoms with Crippen LogP contribution in [0.5, 0.6) is 11.5 Å². The van der Waals surface area contributed by atoms with Crippen LogP contribution in [0, 0.1) is 5.92 Å². The highest BCUT2D eigenvalue weighted by Crippen LogP contribution is 2.32. The lowest BCUT2D eigenvalue weighted by Gasteiger charge is -2.24. The van der Waals surface area contributed by atoms with Gasteiger partial charge in [0.2, 0.25) is 12.7 Å². The molecule has 2 aliphatic rings. The molecule has 1 atom stereocenters. The summed E-state index contributed by atoms with van der Waals surface area (Å²) in [6, 6.07) is 5.87. The van der Waals surface area contributed by atoms with Crippen LogP contribution in [0.25, 0.3) is 0 Å². The van der Waals surface area contributed by atoms with E-state index in [1.165, 1.54) is 0 Å². The molecule has 1 aromatic carbocycles.